The Bertz CT molecular complexity index is 666. The number of nitrogens with one attached hydrogen (secondary N) is 2. The number of rotatable bonds is 5. The number of carbonyl (C=O) groups is 3. The Hall–Kier alpha value is -2.78. The molecule has 7 nitrogen and oxygen atoms in total. The third-order valence-electron chi connectivity index (χ3n) is 4.03. The van der Waals surface area contributed by atoms with E-state index in [-0.39, 0.29) is 18.9 Å². The van der Waals surface area contributed by atoms with Crippen LogP contribution in [0.3, 0.4) is 0 Å². The summed E-state index contributed by atoms with van der Waals surface area (Å²) in [6.07, 6.45) is -4.77. The van der Waals surface area contributed by atoms with E-state index in [2.05, 4.69) is 10.6 Å². The van der Waals surface area contributed by atoms with E-state index in [1.54, 1.807) is 30.3 Å². The molecule has 0 unspecified atom stereocenters. The van der Waals surface area contributed by atoms with E-state index >= 15 is 0 Å². The van der Waals surface area contributed by atoms with E-state index in [0.717, 1.165) is 4.90 Å². The standard InChI is InChI=1S/C16H18F3N3O4/c17-16(18,19)12-9-22(8-11(12)14(24)25)15(26)20-7-6-13(23)21-10-4-2-1-3-5-10/h1-5,11-12H,6-9H2,(H,20,26)(H,21,23)(H,24,25)/t11-,12-/m1/s1. The summed E-state index contributed by atoms with van der Waals surface area (Å²) in [5.41, 5.74) is 0.584. The van der Waals surface area contributed by atoms with Crippen LogP contribution in [-0.4, -0.2) is 53.7 Å². The fourth-order valence-corrected chi connectivity index (χ4v) is 2.69. The van der Waals surface area contributed by atoms with Gasteiger partial charge in [0.15, 0.2) is 0 Å². The molecule has 1 heterocycles. The van der Waals surface area contributed by atoms with Crippen molar-refractivity contribution in [3.8, 4) is 0 Å². The highest BCUT2D eigenvalue weighted by Gasteiger charge is 2.53. The van der Waals surface area contributed by atoms with Crippen LogP contribution in [0, 0.1) is 11.8 Å². The number of nitrogens with zero attached hydrogens (tertiary/aromatic N) is 1. The number of hydrogen-bond acceptors (Lipinski definition) is 3. The summed E-state index contributed by atoms with van der Waals surface area (Å²) in [6.45, 7) is -1.33. The molecule has 142 valence electrons. The maximum Gasteiger partial charge on any atom is 0.394 e. The second-order valence-electron chi connectivity index (χ2n) is 5.89. The van der Waals surface area contributed by atoms with Gasteiger partial charge in [0.25, 0.3) is 0 Å². The van der Waals surface area contributed by atoms with Crippen molar-refractivity contribution in [1.82, 2.24) is 10.2 Å². The number of benzene rings is 1. The van der Waals surface area contributed by atoms with Crippen molar-refractivity contribution in [1.29, 1.82) is 0 Å². The predicted molar refractivity (Wildman–Crippen MR) is 85.3 cm³/mol. The number of halogens is 3. The second-order valence-corrected chi connectivity index (χ2v) is 5.89. The number of carboxylic acid groups (broad SMARTS) is 1. The number of carbonyl (C=O) groups excluding carboxylic acids is 2. The van der Waals surface area contributed by atoms with Crippen molar-refractivity contribution >= 4 is 23.6 Å². The molecule has 26 heavy (non-hydrogen) atoms. The number of likely N-dealkylation sites (tertiary alicyclic amines) is 1. The first-order chi connectivity index (χ1) is 12.2. The molecule has 1 aliphatic rings. The fourth-order valence-electron chi connectivity index (χ4n) is 2.69. The molecule has 1 aliphatic heterocycles. The smallest absolute Gasteiger partial charge is 0.394 e. The topological polar surface area (TPSA) is 98.7 Å². The lowest BCUT2D eigenvalue weighted by Crippen LogP contribution is -2.40. The lowest BCUT2D eigenvalue weighted by molar-refractivity contribution is -0.187. The van der Waals surface area contributed by atoms with Crippen LogP contribution in [0.15, 0.2) is 30.3 Å². The maximum absolute atomic E-state index is 12.9. The molecule has 0 saturated carbocycles. The predicted octanol–water partition coefficient (Wildman–Crippen LogP) is 1.92. The molecule has 3 N–H and O–H groups in total. The number of carboxylic acids is 1. The van der Waals surface area contributed by atoms with Crippen molar-refractivity contribution in [2.75, 3.05) is 25.0 Å². The highest BCUT2D eigenvalue weighted by atomic mass is 19.4. The Kier molecular flexibility index (Phi) is 6.06. The van der Waals surface area contributed by atoms with Crippen LogP contribution in [0.5, 0.6) is 0 Å². The third-order valence-corrected chi connectivity index (χ3v) is 4.03. The minimum atomic E-state index is -4.70. The van der Waals surface area contributed by atoms with Crippen molar-refractivity contribution in [3.63, 3.8) is 0 Å². The molecule has 0 aromatic heterocycles. The zero-order valence-electron chi connectivity index (χ0n) is 13.6. The van der Waals surface area contributed by atoms with Crippen molar-refractivity contribution in [3.05, 3.63) is 30.3 Å². The second kappa shape index (κ2) is 8.07. The normalized spacial score (nSPS) is 19.9. The number of amides is 3. The van der Waals surface area contributed by atoms with Gasteiger partial charge in [-0.3, -0.25) is 9.59 Å². The first-order valence-electron chi connectivity index (χ1n) is 7.85. The minimum Gasteiger partial charge on any atom is -0.481 e. The molecule has 0 spiro atoms. The van der Waals surface area contributed by atoms with Gasteiger partial charge in [-0.1, -0.05) is 18.2 Å². The van der Waals surface area contributed by atoms with E-state index in [0.29, 0.717) is 5.69 Å². The molecule has 1 aromatic carbocycles. The van der Waals surface area contributed by atoms with Crippen LogP contribution in [0.25, 0.3) is 0 Å². The van der Waals surface area contributed by atoms with E-state index in [4.69, 9.17) is 5.11 Å². The molecule has 1 aromatic rings. The van der Waals surface area contributed by atoms with Gasteiger partial charge in [-0.25, -0.2) is 4.79 Å². The van der Waals surface area contributed by atoms with Crippen LogP contribution in [0.2, 0.25) is 0 Å². The van der Waals surface area contributed by atoms with Crippen LogP contribution < -0.4 is 10.6 Å². The van der Waals surface area contributed by atoms with Gasteiger partial charge in [0.1, 0.15) is 0 Å². The molecule has 10 heteroatoms. The number of aliphatic carboxylic acids is 1. The SMILES string of the molecule is O=C(CCNC(=O)N1C[C@@H](C(F)(F)F)[C@H](C(=O)O)C1)Nc1ccccc1. The van der Waals surface area contributed by atoms with E-state index in [1.807, 2.05) is 0 Å². The number of anilines is 1. The van der Waals surface area contributed by atoms with Crippen molar-refractivity contribution in [2.24, 2.45) is 11.8 Å². The van der Waals surface area contributed by atoms with E-state index in [1.165, 1.54) is 0 Å². The zero-order chi connectivity index (χ0) is 19.3. The van der Waals surface area contributed by atoms with E-state index in [9.17, 15) is 27.6 Å². The monoisotopic (exact) mass is 373 g/mol. The van der Waals surface area contributed by atoms with Gasteiger partial charge < -0.3 is 20.6 Å². The highest BCUT2D eigenvalue weighted by Crippen LogP contribution is 2.37. The van der Waals surface area contributed by atoms with Gasteiger partial charge in [-0.05, 0) is 12.1 Å². The van der Waals surface area contributed by atoms with Crippen LogP contribution in [0.4, 0.5) is 23.7 Å². The summed E-state index contributed by atoms with van der Waals surface area (Å²) < 4.78 is 38.7. The van der Waals surface area contributed by atoms with Gasteiger partial charge >= 0.3 is 18.2 Å². The lowest BCUT2D eigenvalue weighted by Gasteiger charge is -2.18. The molecule has 0 bridgehead atoms. The average molecular weight is 373 g/mol. The molecule has 0 radical (unpaired) electrons. The molecular weight excluding hydrogens is 355 g/mol. The summed E-state index contributed by atoms with van der Waals surface area (Å²) in [5, 5.41) is 13.9. The summed E-state index contributed by atoms with van der Waals surface area (Å²) in [5.74, 6) is -5.76. The van der Waals surface area contributed by atoms with Gasteiger partial charge in [0, 0.05) is 31.7 Å². The Labute approximate surface area is 147 Å². The molecule has 2 rings (SSSR count). The number of para-hydroxylation sites is 1. The summed E-state index contributed by atoms with van der Waals surface area (Å²) in [4.78, 5) is 35.5. The molecule has 0 aliphatic carbocycles. The third kappa shape index (κ3) is 5.11. The molecule has 1 fully saturated rings. The number of alkyl halides is 3. The fraction of sp³-hybridized carbons (Fsp3) is 0.438. The highest BCUT2D eigenvalue weighted by molar-refractivity contribution is 5.91. The van der Waals surface area contributed by atoms with Crippen LogP contribution in [0.1, 0.15) is 6.42 Å². The quantitative estimate of drug-likeness (QED) is 0.734. The van der Waals surface area contributed by atoms with Gasteiger partial charge in [0.05, 0.1) is 11.8 Å². The summed E-state index contributed by atoms with van der Waals surface area (Å²) in [7, 11) is 0. The van der Waals surface area contributed by atoms with Crippen molar-refractivity contribution in [2.45, 2.75) is 12.6 Å². The van der Waals surface area contributed by atoms with Crippen LogP contribution in [-0.2, 0) is 9.59 Å². The average Bonchev–Trinajstić information content (AvgIpc) is 3.01. The Balaban J connectivity index is 1.81. The first kappa shape index (κ1) is 19.5. The van der Waals surface area contributed by atoms with Crippen molar-refractivity contribution < 1.29 is 32.7 Å². The Morgan fingerprint density at radius 3 is 2.35 bits per heavy atom. The number of urea groups is 1. The number of hydrogen-bond donors (Lipinski definition) is 3. The summed E-state index contributed by atoms with van der Waals surface area (Å²) in [6, 6.07) is 7.80. The molecular formula is C16H18F3N3O4. The summed E-state index contributed by atoms with van der Waals surface area (Å²) >= 11 is 0. The van der Waals surface area contributed by atoms with Crippen LogP contribution >= 0.6 is 0 Å². The minimum absolute atomic E-state index is 0.0699. The van der Waals surface area contributed by atoms with Gasteiger partial charge in [-0.2, -0.15) is 13.2 Å². The Morgan fingerprint density at radius 2 is 1.81 bits per heavy atom. The maximum atomic E-state index is 12.9. The van der Waals surface area contributed by atoms with E-state index < -0.39 is 43.1 Å². The zero-order valence-corrected chi connectivity index (χ0v) is 13.6. The Morgan fingerprint density at radius 1 is 1.15 bits per heavy atom. The van der Waals surface area contributed by atoms with Gasteiger partial charge in [-0.15, -0.1) is 0 Å². The van der Waals surface area contributed by atoms with Gasteiger partial charge in [0.2, 0.25) is 5.91 Å². The molecule has 2 atom stereocenters. The lowest BCUT2D eigenvalue weighted by atomic mass is 9.96. The molecule has 3 amide bonds. The molecule has 1 saturated heterocycles. The largest absolute Gasteiger partial charge is 0.481 e. The first-order valence-corrected chi connectivity index (χ1v) is 7.85.